The van der Waals surface area contributed by atoms with Crippen LogP contribution in [0, 0.1) is 11.6 Å². The van der Waals surface area contributed by atoms with Gasteiger partial charge in [-0.1, -0.05) is 30.3 Å². The number of rotatable bonds is 6. The predicted molar refractivity (Wildman–Crippen MR) is 103 cm³/mol. The Morgan fingerprint density at radius 3 is 2.44 bits per heavy atom. The maximum Gasteiger partial charge on any atom is 0.241 e. The number of amides is 1. The SMILES string of the molecule is C[C@H](C(=O)Nc1ccc(F)cc1F)N1CCN(CCc2ccccc2)CC1. The molecule has 1 atom stereocenters. The Balaban J connectivity index is 1.46. The van der Waals surface area contributed by atoms with E-state index in [2.05, 4.69) is 39.4 Å². The number of nitrogens with zero attached hydrogens (tertiary/aromatic N) is 2. The number of halogens is 2. The number of piperazine rings is 1. The minimum atomic E-state index is -0.763. The zero-order valence-corrected chi connectivity index (χ0v) is 15.5. The summed E-state index contributed by atoms with van der Waals surface area (Å²) in [7, 11) is 0. The summed E-state index contributed by atoms with van der Waals surface area (Å²) in [5.74, 6) is -1.70. The highest BCUT2D eigenvalue weighted by Gasteiger charge is 2.26. The van der Waals surface area contributed by atoms with Crippen molar-refractivity contribution >= 4 is 11.6 Å². The van der Waals surface area contributed by atoms with Crippen LogP contribution in [0.5, 0.6) is 0 Å². The highest BCUT2D eigenvalue weighted by atomic mass is 19.1. The van der Waals surface area contributed by atoms with Crippen LogP contribution < -0.4 is 5.32 Å². The van der Waals surface area contributed by atoms with Gasteiger partial charge < -0.3 is 10.2 Å². The zero-order valence-electron chi connectivity index (χ0n) is 15.5. The largest absolute Gasteiger partial charge is 0.322 e. The van der Waals surface area contributed by atoms with Gasteiger partial charge in [0.25, 0.3) is 0 Å². The number of anilines is 1. The predicted octanol–water partition coefficient (Wildman–Crippen LogP) is 3.15. The van der Waals surface area contributed by atoms with Crippen molar-refractivity contribution in [2.24, 2.45) is 0 Å². The summed E-state index contributed by atoms with van der Waals surface area (Å²) >= 11 is 0. The van der Waals surface area contributed by atoms with Crippen LogP contribution in [-0.2, 0) is 11.2 Å². The number of hydrogen-bond acceptors (Lipinski definition) is 3. The first kappa shape index (κ1) is 19.5. The van der Waals surface area contributed by atoms with Gasteiger partial charge in [-0.3, -0.25) is 9.69 Å². The number of nitrogens with one attached hydrogen (secondary N) is 1. The third-order valence-corrected chi connectivity index (χ3v) is 5.08. The van der Waals surface area contributed by atoms with Gasteiger partial charge >= 0.3 is 0 Å². The van der Waals surface area contributed by atoms with Crippen LogP contribution >= 0.6 is 0 Å². The van der Waals surface area contributed by atoms with E-state index in [1.165, 1.54) is 11.6 Å². The number of carbonyl (C=O) groups is 1. The van der Waals surface area contributed by atoms with E-state index in [9.17, 15) is 13.6 Å². The molecule has 1 N–H and O–H groups in total. The molecular weight excluding hydrogens is 348 g/mol. The lowest BCUT2D eigenvalue weighted by molar-refractivity contribution is -0.121. The highest BCUT2D eigenvalue weighted by molar-refractivity contribution is 5.94. The first-order valence-corrected chi connectivity index (χ1v) is 9.29. The molecule has 0 bridgehead atoms. The summed E-state index contributed by atoms with van der Waals surface area (Å²) in [4.78, 5) is 16.9. The average Bonchev–Trinajstić information content (AvgIpc) is 2.69. The summed E-state index contributed by atoms with van der Waals surface area (Å²) in [5.41, 5.74) is 1.34. The molecule has 1 heterocycles. The van der Waals surface area contributed by atoms with E-state index in [0.29, 0.717) is 0 Å². The van der Waals surface area contributed by atoms with E-state index in [1.54, 1.807) is 0 Å². The van der Waals surface area contributed by atoms with E-state index in [1.807, 2.05) is 13.0 Å². The summed E-state index contributed by atoms with van der Waals surface area (Å²) in [6.07, 6.45) is 1.01. The summed E-state index contributed by atoms with van der Waals surface area (Å²) in [6, 6.07) is 13.2. The normalized spacial score (nSPS) is 16.9. The third kappa shape index (κ3) is 5.34. The maximum atomic E-state index is 13.7. The topological polar surface area (TPSA) is 35.6 Å². The Morgan fingerprint density at radius 1 is 1.07 bits per heavy atom. The van der Waals surface area contributed by atoms with E-state index in [-0.39, 0.29) is 17.6 Å². The molecule has 3 rings (SSSR count). The molecule has 6 heteroatoms. The van der Waals surface area contributed by atoms with Gasteiger partial charge in [0.05, 0.1) is 11.7 Å². The first-order valence-electron chi connectivity index (χ1n) is 9.29. The molecule has 0 radical (unpaired) electrons. The number of benzene rings is 2. The second kappa shape index (κ2) is 9.06. The minimum Gasteiger partial charge on any atom is -0.322 e. The van der Waals surface area contributed by atoms with Crippen molar-refractivity contribution in [3.8, 4) is 0 Å². The molecule has 1 fully saturated rings. The van der Waals surface area contributed by atoms with E-state index in [0.717, 1.165) is 51.3 Å². The van der Waals surface area contributed by atoms with Crippen molar-refractivity contribution in [1.82, 2.24) is 9.80 Å². The molecule has 1 amide bonds. The summed E-state index contributed by atoms with van der Waals surface area (Å²) < 4.78 is 26.7. The fourth-order valence-electron chi connectivity index (χ4n) is 3.30. The average molecular weight is 373 g/mol. The second-order valence-corrected chi connectivity index (χ2v) is 6.90. The Kier molecular flexibility index (Phi) is 6.53. The van der Waals surface area contributed by atoms with Gasteiger partial charge in [-0.05, 0) is 31.0 Å². The van der Waals surface area contributed by atoms with Crippen LogP contribution in [0.1, 0.15) is 12.5 Å². The Bertz CT molecular complexity index is 761. The lowest BCUT2D eigenvalue weighted by Gasteiger charge is -2.37. The van der Waals surface area contributed by atoms with Gasteiger partial charge in [0.1, 0.15) is 11.6 Å². The lowest BCUT2D eigenvalue weighted by Crippen LogP contribution is -2.53. The molecule has 1 aliphatic rings. The molecule has 27 heavy (non-hydrogen) atoms. The van der Waals surface area contributed by atoms with Crippen molar-refractivity contribution in [2.45, 2.75) is 19.4 Å². The molecule has 0 aliphatic carbocycles. The smallest absolute Gasteiger partial charge is 0.241 e. The van der Waals surface area contributed by atoms with E-state index < -0.39 is 11.6 Å². The third-order valence-electron chi connectivity index (χ3n) is 5.08. The summed E-state index contributed by atoms with van der Waals surface area (Å²) in [6.45, 7) is 6.19. The first-order chi connectivity index (χ1) is 13.0. The molecule has 2 aromatic rings. The van der Waals surface area contributed by atoms with Crippen LogP contribution in [-0.4, -0.2) is 54.5 Å². The van der Waals surface area contributed by atoms with Crippen LogP contribution in [0.4, 0.5) is 14.5 Å². The molecule has 0 spiro atoms. The monoisotopic (exact) mass is 373 g/mol. The molecule has 144 valence electrons. The van der Waals surface area contributed by atoms with Crippen LogP contribution in [0.3, 0.4) is 0 Å². The zero-order chi connectivity index (χ0) is 19.2. The molecule has 0 saturated carbocycles. The fraction of sp³-hybridized carbons (Fsp3) is 0.381. The van der Waals surface area contributed by atoms with Crippen molar-refractivity contribution in [2.75, 3.05) is 38.0 Å². The second-order valence-electron chi connectivity index (χ2n) is 6.90. The maximum absolute atomic E-state index is 13.7. The minimum absolute atomic E-state index is 0.00903. The fourth-order valence-corrected chi connectivity index (χ4v) is 3.30. The van der Waals surface area contributed by atoms with Crippen LogP contribution in [0.15, 0.2) is 48.5 Å². The van der Waals surface area contributed by atoms with Gasteiger partial charge in [0.2, 0.25) is 5.91 Å². The molecular formula is C21H25F2N3O. The lowest BCUT2D eigenvalue weighted by atomic mass is 10.1. The molecule has 1 aliphatic heterocycles. The van der Waals surface area contributed by atoms with Crippen molar-refractivity contribution < 1.29 is 13.6 Å². The van der Waals surface area contributed by atoms with Crippen LogP contribution in [0.25, 0.3) is 0 Å². The van der Waals surface area contributed by atoms with E-state index in [4.69, 9.17) is 0 Å². The Morgan fingerprint density at radius 2 is 1.78 bits per heavy atom. The van der Waals surface area contributed by atoms with Crippen molar-refractivity contribution in [1.29, 1.82) is 0 Å². The van der Waals surface area contributed by atoms with Gasteiger partial charge in [-0.2, -0.15) is 0 Å². The number of carbonyl (C=O) groups excluding carboxylic acids is 1. The molecule has 2 aromatic carbocycles. The molecule has 0 unspecified atom stereocenters. The molecule has 0 aromatic heterocycles. The highest BCUT2D eigenvalue weighted by Crippen LogP contribution is 2.16. The standard InChI is InChI=1S/C21H25F2N3O/c1-16(21(27)24-20-8-7-18(22)15-19(20)23)26-13-11-25(12-14-26)10-9-17-5-3-2-4-6-17/h2-8,15-16H,9-14H2,1H3,(H,24,27)/t16-/m1/s1. The van der Waals surface area contributed by atoms with Gasteiger partial charge in [-0.15, -0.1) is 0 Å². The van der Waals surface area contributed by atoms with Crippen molar-refractivity contribution in [3.05, 3.63) is 65.7 Å². The Labute approximate surface area is 158 Å². The molecule has 4 nitrogen and oxygen atoms in total. The van der Waals surface area contributed by atoms with Gasteiger partial charge in [0, 0.05) is 38.8 Å². The van der Waals surface area contributed by atoms with Crippen LogP contribution in [0.2, 0.25) is 0 Å². The Hall–Kier alpha value is -2.31. The summed E-state index contributed by atoms with van der Waals surface area (Å²) in [5, 5.41) is 2.56. The number of hydrogen-bond donors (Lipinski definition) is 1. The van der Waals surface area contributed by atoms with Crippen molar-refractivity contribution in [3.63, 3.8) is 0 Å². The quantitative estimate of drug-likeness (QED) is 0.845. The molecule has 1 saturated heterocycles. The van der Waals surface area contributed by atoms with E-state index >= 15 is 0 Å². The van der Waals surface area contributed by atoms with Gasteiger partial charge in [0.15, 0.2) is 0 Å². The van der Waals surface area contributed by atoms with Gasteiger partial charge in [-0.25, -0.2) is 8.78 Å².